The van der Waals surface area contributed by atoms with Gasteiger partial charge in [-0.1, -0.05) is 17.3 Å². The minimum absolute atomic E-state index is 0.151. The Kier molecular flexibility index (Phi) is 4.58. The first-order valence-electron chi connectivity index (χ1n) is 9.16. The molecule has 1 fully saturated rings. The number of nitrogens with zero attached hydrogens (tertiary/aromatic N) is 4. The molecule has 1 aromatic heterocycles. The van der Waals surface area contributed by atoms with Crippen LogP contribution in [0.15, 0.2) is 42.5 Å². The van der Waals surface area contributed by atoms with Crippen LogP contribution in [-0.2, 0) is 17.9 Å². The number of carbonyl (C=O) groups excluding carboxylic acids is 2. The molecule has 0 radical (unpaired) electrons. The summed E-state index contributed by atoms with van der Waals surface area (Å²) in [6.45, 7) is 3.94. The lowest BCUT2D eigenvalue weighted by molar-refractivity contribution is -0.117. The standard InChI is InChI=1S/C20H21N5O2/c1-2-25-18-10-7-15(12-17(18)22-23-25)20(27)21-13-14-5-8-16(9-6-14)24-11-3-4-19(24)26/h5-10,12H,2-4,11,13H2,1H3,(H,21,27). The number of hydrogen-bond acceptors (Lipinski definition) is 4. The van der Waals surface area contributed by atoms with Gasteiger partial charge in [0.2, 0.25) is 5.91 Å². The van der Waals surface area contributed by atoms with E-state index in [1.54, 1.807) is 21.7 Å². The Morgan fingerprint density at radius 3 is 2.70 bits per heavy atom. The quantitative estimate of drug-likeness (QED) is 0.755. The minimum Gasteiger partial charge on any atom is -0.348 e. The monoisotopic (exact) mass is 363 g/mol. The van der Waals surface area contributed by atoms with Crippen LogP contribution >= 0.6 is 0 Å². The number of amides is 2. The third-order valence-corrected chi connectivity index (χ3v) is 4.85. The van der Waals surface area contributed by atoms with Gasteiger partial charge in [-0.05, 0) is 49.2 Å². The zero-order valence-electron chi connectivity index (χ0n) is 15.2. The maximum atomic E-state index is 12.4. The second-order valence-corrected chi connectivity index (χ2v) is 6.61. The molecule has 7 nitrogen and oxygen atoms in total. The lowest BCUT2D eigenvalue weighted by Gasteiger charge is -2.16. The van der Waals surface area contributed by atoms with Crippen molar-refractivity contribution < 1.29 is 9.59 Å². The largest absolute Gasteiger partial charge is 0.348 e. The molecule has 0 atom stereocenters. The fourth-order valence-corrected chi connectivity index (χ4v) is 3.35. The van der Waals surface area contributed by atoms with Crippen molar-refractivity contribution in [2.45, 2.75) is 32.9 Å². The molecule has 1 N–H and O–H groups in total. The number of aryl methyl sites for hydroxylation is 1. The molecule has 4 rings (SSSR count). The summed E-state index contributed by atoms with van der Waals surface area (Å²) >= 11 is 0. The first-order valence-corrected chi connectivity index (χ1v) is 9.16. The van der Waals surface area contributed by atoms with Gasteiger partial charge in [-0.2, -0.15) is 0 Å². The van der Waals surface area contributed by atoms with Crippen molar-refractivity contribution >= 4 is 28.5 Å². The van der Waals surface area contributed by atoms with E-state index >= 15 is 0 Å². The number of hydrogen-bond donors (Lipinski definition) is 1. The van der Waals surface area contributed by atoms with Gasteiger partial charge < -0.3 is 10.2 Å². The van der Waals surface area contributed by atoms with Crippen molar-refractivity contribution in [1.29, 1.82) is 0 Å². The Morgan fingerprint density at radius 1 is 1.19 bits per heavy atom. The van der Waals surface area contributed by atoms with E-state index in [-0.39, 0.29) is 11.8 Å². The van der Waals surface area contributed by atoms with Crippen LogP contribution in [0, 0.1) is 0 Å². The van der Waals surface area contributed by atoms with Crippen LogP contribution in [0.25, 0.3) is 11.0 Å². The predicted octanol–water partition coefficient (Wildman–Crippen LogP) is 2.51. The zero-order chi connectivity index (χ0) is 18.8. The number of benzene rings is 2. The molecule has 1 aliphatic rings. The molecular formula is C20H21N5O2. The van der Waals surface area contributed by atoms with Gasteiger partial charge in [-0.25, -0.2) is 4.68 Å². The van der Waals surface area contributed by atoms with E-state index < -0.39 is 0 Å². The van der Waals surface area contributed by atoms with Gasteiger partial charge in [0.05, 0.1) is 5.52 Å². The summed E-state index contributed by atoms with van der Waals surface area (Å²) in [5, 5.41) is 11.1. The summed E-state index contributed by atoms with van der Waals surface area (Å²) in [4.78, 5) is 26.0. The smallest absolute Gasteiger partial charge is 0.251 e. The Balaban J connectivity index is 1.41. The van der Waals surface area contributed by atoms with Gasteiger partial charge in [0, 0.05) is 37.3 Å². The Morgan fingerprint density at radius 2 is 2.00 bits per heavy atom. The van der Waals surface area contributed by atoms with E-state index in [9.17, 15) is 9.59 Å². The van der Waals surface area contributed by atoms with Crippen molar-refractivity contribution in [2.24, 2.45) is 0 Å². The molecule has 1 saturated heterocycles. The molecule has 0 aliphatic carbocycles. The van der Waals surface area contributed by atoms with Crippen molar-refractivity contribution in [2.75, 3.05) is 11.4 Å². The summed E-state index contributed by atoms with van der Waals surface area (Å²) in [6, 6.07) is 13.2. The van der Waals surface area contributed by atoms with Gasteiger partial charge in [0.25, 0.3) is 5.91 Å². The Bertz CT molecular complexity index is 993. The topological polar surface area (TPSA) is 80.1 Å². The highest BCUT2D eigenvalue weighted by atomic mass is 16.2. The van der Waals surface area contributed by atoms with E-state index in [1.165, 1.54) is 0 Å². The molecule has 7 heteroatoms. The molecule has 0 unspecified atom stereocenters. The van der Waals surface area contributed by atoms with Crippen molar-refractivity contribution in [3.05, 3.63) is 53.6 Å². The van der Waals surface area contributed by atoms with Crippen LogP contribution in [-0.4, -0.2) is 33.4 Å². The van der Waals surface area contributed by atoms with Crippen LogP contribution in [0.3, 0.4) is 0 Å². The summed E-state index contributed by atoms with van der Waals surface area (Å²) in [5.74, 6) is 0.0215. The Hall–Kier alpha value is -3.22. The van der Waals surface area contributed by atoms with Gasteiger partial charge in [0.1, 0.15) is 5.52 Å². The molecule has 2 amide bonds. The van der Waals surface area contributed by atoms with Crippen molar-refractivity contribution in [1.82, 2.24) is 20.3 Å². The van der Waals surface area contributed by atoms with Gasteiger partial charge in [-0.15, -0.1) is 5.10 Å². The van der Waals surface area contributed by atoms with Crippen LogP contribution in [0.1, 0.15) is 35.7 Å². The van der Waals surface area contributed by atoms with E-state index in [2.05, 4.69) is 15.6 Å². The minimum atomic E-state index is -0.151. The van der Waals surface area contributed by atoms with Gasteiger partial charge in [0.15, 0.2) is 0 Å². The third-order valence-electron chi connectivity index (χ3n) is 4.85. The van der Waals surface area contributed by atoms with Gasteiger partial charge in [-0.3, -0.25) is 9.59 Å². The summed E-state index contributed by atoms with van der Waals surface area (Å²) < 4.78 is 1.80. The number of fused-ring (bicyclic) bond motifs is 1. The second-order valence-electron chi connectivity index (χ2n) is 6.61. The molecular weight excluding hydrogens is 342 g/mol. The normalized spacial score (nSPS) is 14.1. The fraction of sp³-hybridized carbons (Fsp3) is 0.300. The first kappa shape index (κ1) is 17.2. The molecule has 27 heavy (non-hydrogen) atoms. The average Bonchev–Trinajstić information content (AvgIpc) is 3.31. The number of rotatable bonds is 5. The van der Waals surface area contributed by atoms with Crippen molar-refractivity contribution in [3.8, 4) is 0 Å². The Labute approximate surface area is 157 Å². The molecule has 0 bridgehead atoms. The molecule has 0 saturated carbocycles. The molecule has 138 valence electrons. The second kappa shape index (κ2) is 7.19. The highest BCUT2D eigenvalue weighted by Gasteiger charge is 2.21. The molecule has 2 heterocycles. The maximum Gasteiger partial charge on any atom is 0.251 e. The maximum absolute atomic E-state index is 12.4. The summed E-state index contributed by atoms with van der Waals surface area (Å²) in [6.07, 6.45) is 1.53. The highest BCUT2D eigenvalue weighted by molar-refractivity contribution is 5.97. The highest BCUT2D eigenvalue weighted by Crippen LogP contribution is 2.21. The van der Waals surface area contributed by atoms with Crippen LogP contribution in [0.4, 0.5) is 5.69 Å². The average molecular weight is 363 g/mol. The van der Waals surface area contributed by atoms with Crippen molar-refractivity contribution in [3.63, 3.8) is 0 Å². The number of nitrogens with one attached hydrogen (secondary N) is 1. The predicted molar refractivity (Wildman–Crippen MR) is 102 cm³/mol. The van der Waals surface area contributed by atoms with Crippen LogP contribution < -0.4 is 10.2 Å². The number of aromatic nitrogens is 3. The molecule has 0 spiro atoms. The van der Waals surface area contributed by atoms with E-state index in [4.69, 9.17) is 0 Å². The van der Waals surface area contributed by atoms with E-state index in [1.807, 2.05) is 37.3 Å². The third kappa shape index (κ3) is 3.40. The number of carbonyl (C=O) groups is 2. The SMILES string of the molecule is CCn1nnc2cc(C(=O)NCc3ccc(N4CCCC4=O)cc3)ccc21. The van der Waals surface area contributed by atoms with Crippen LogP contribution in [0.5, 0.6) is 0 Å². The lowest BCUT2D eigenvalue weighted by Crippen LogP contribution is -2.24. The lowest BCUT2D eigenvalue weighted by atomic mass is 10.1. The summed E-state index contributed by atoms with van der Waals surface area (Å²) in [7, 11) is 0. The zero-order valence-corrected chi connectivity index (χ0v) is 15.2. The van der Waals surface area contributed by atoms with E-state index in [0.29, 0.717) is 24.0 Å². The molecule has 2 aromatic carbocycles. The molecule has 3 aromatic rings. The first-order chi connectivity index (χ1) is 13.2. The fourth-order valence-electron chi connectivity index (χ4n) is 3.35. The summed E-state index contributed by atoms with van der Waals surface area (Å²) in [5.41, 5.74) is 4.09. The number of anilines is 1. The van der Waals surface area contributed by atoms with Crippen LogP contribution in [0.2, 0.25) is 0 Å². The van der Waals surface area contributed by atoms with Gasteiger partial charge >= 0.3 is 0 Å². The molecule has 1 aliphatic heterocycles. The van der Waals surface area contributed by atoms with E-state index in [0.717, 1.165) is 36.3 Å².